The average molecular weight is 238 g/mol. The minimum atomic E-state index is 0.427. The van der Waals surface area contributed by atoms with Gasteiger partial charge in [0.05, 0.1) is 0 Å². The van der Waals surface area contributed by atoms with Crippen LogP contribution in [0.3, 0.4) is 0 Å². The second-order valence-corrected chi connectivity index (χ2v) is 4.81. The lowest BCUT2D eigenvalue weighted by Crippen LogP contribution is -1.95. The highest BCUT2D eigenvalue weighted by Gasteiger charge is 2.07. The van der Waals surface area contributed by atoms with Crippen LogP contribution in [0.15, 0.2) is 12.4 Å². The van der Waals surface area contributed by atoms with E-state index in [0.717, 1.165) is 15.8 Å². The second kappa shape index (κ2) is 5.18. The first-order valence-corrected chi connectivity index (χ1v) is 5.95. The molecule has 0 aliphatic carbocycles. The number of hydrogen-bond donors (Lipinski definition) is 1. The first-order chi connectivity index (χ1) is 7.75. The van der Waals surface area contributed by atoms with E-state index in [1.807, 2.05) is 0 Å². The van der Waals surface area contributed by atoms with Crippen molar-refractivity contribution in [2.45, 2.75) is 33.0 Å². The Morgan fingerprint density at radius 3 is 2.88 bits per heavy atom. The zero-order valence-electron chi connectivity index (χ0n) is 9.30. The molecule has 0 aliphatic heterocycles. The first kappa shape index (κ1) is 11.2. The molecule has 6 heteroatoms. The van der Waals surface area contributed by atoms with Crippen LogP contribution < -0.4 is 0 Å². The first-order valence-electron chi connectivity index (χ1n) is 5.14. The second-order valence-electron chi connectivity index (χ2n) is 3.72. The normalized spacial score (nSPS) is 11.2. The summed E-state index contributed by atoms with van der Waals surface area (Å²) >= 11 is 1.60. The molecular weight excluding hydrogens is 224 g/mol. The maximum atomic E-state index is 5.47. The van der Waals surface area contributed by atoms with Crippen LogP contribution in [0.1, 0.15) is 35.6 Å². The summed E-state index contributed by atoms with van der Waals surface area (Å²) in [7, 11) is 0. The molecule has 16 heavy (non-hydrogen) atoms. The molecule has 0 saturated heterocycles. The maximum absolute atomic E-state index is 5.47. The number of H-pyrrole nitrogens is 1. The highest BCUT2D eigenvalue weighted by Crippen LogP contribution is 2.19. The largest absolute Gasteiger partial charge is 0.366 e. The fourth-order valence-corrected chi connectivity index (χ4v) is 1.95. The molecule has 0 saturated carbocycles. The van der Waals surface area contributed by atoms with Crippen LogP contribution in [0.25, 0.3) is 0 Å². The molecule has 2 rings (SSSR count). The van der Waals surface area contributed by atoms with Crippen LogP contribution in [-0.4, -0.2) is 20.2 Å². The van der Waals surface area contributed by atoms with E-state index in [1.165, 1.54) is 0 Å². The van der Waals surface area contributed by atoms with Crippen LogP contribution in [-0.2, 0) is 18.0 Å². The van der Waals surface area contributed by atoms with Crippen LogP contribution in [0, 0.1) is 0 Å². The van der Waals surface area contributed by atoms with Gasteiger partial charge in [-0.3, -0.25) is 0 Å². The molecule has 5 nitrogen and oxygen atoms in total. The quantitative estimate of drug-likeness (QED) is 0.866. The van der Waals surface area contributed by atoms with Gasteiger partial charge < -0.3 is 9.72 Å². The van der Waals surface area contributed by atoms with E-state index in [4.69, 9.17) is 4.74 Å². The Morgan fingerprint density at radius 2 is 2.25 bits per heavy atom. The lowest BCUT2D eigenvalue weighted by atomic mass is 10.2. The smallest absolute Gasteiger partial charge is 0.143 e. The SMILES string of the molecule is CC(C)c1nnc(COCc2ncc[nH]2)s1. The van der Waals surface area contributed by atoms with Gasteiger partial charge in [0.15, 0.2) is 0 Å². The molecule has 0 amide bonds. The van der Waals surface area contributed by atoms with Crippen LogP contribution in [0.4, 0.5) is 0 Å². The molecule has 0 unspecified atom stereocenters. The molecule has 1 N–H and O–H groups in total. The van der Waals surface area contributed by atoms with Gasteiger partial charge in [-0.1, -0.05) is 25.2 Å². The van der Waals surface area contributed by atoms with Crippen molar-refractivity contribution in [2.75, 3.05) is 0 Å². The third-order valence-corrected chi connectivity index (χ3v) is 3.19. The molecule has 0 spiro atoms. The van der Waals surface area contributed by atoms with E-state index in [0.29, 0.717) is 19.1 Å². The van der Waals surface area contributed by atoms with E-state index in [2.05, 4.69) is 34.0 Å². The Bertz CT molecular complexity index is 424. The van der Waals surface area contributed by atoms with Gasteiger partial charge in [-0.25, -0.2) is 4.98 Å². The summed E-state index contributed by atoms with van der Waals surface area (Å²) in [6.07, 6.45) is 3.49. The number of rotatable bonds is 5. The Balaban J connectivity index is 1.81. The van der Waals surface area contributed by atoms with Gasteiger partial charge in [0.1, 0.15) is 29.1 Å². The third kappa shape index (κ3) is 2.86. The maximum Gasteiger partial charge on any atom is 0.143 e. The molecule has 2 aromatic heterocycles. The number of aromatic nitrogens is 4. The molecule has 0 radical (unpaired) electrons. The van der Waals surface area contributed by atoms with Gasteiger partial charge in [0.2, 0.25) is 0 Å². The van der Waals surface area contributed by atoms with Crippen LogP contribution >= 0.6 is 11.3 Å². The van der Waals surface area contributed by atoms with Gasteiger partial charge in [0, 0.05) is 18.3 Å². The summed E-state index contributed by atoms with van der Waals surface area (Å²) in [5.41, 5.74) is 0. The molecule has 0 bridgehead atoms. The summed E-state index contributed by atoms with van der Waals surface area (Å²) < 4.78 is 5.47. The molecule has 0 aromatic carbocycles. The fourth-order valence-electron chi connectivity index (χ4n) is 1.17. The van der Waals surface area contributed by atoms with Crippen molar-refractivity contribution >= 4 is 11.3 Å². The van der Waals surface area contributed by atoms with Gasteiger partial charge in [-0.15, -0.1) is 10.2 Å². The predicted molar refractivity (Wildman–Crippen MR) is 61.1 cm³/mol. The lowest BCUT2D eigenvalue weighted by molar-refractivity contribution is 0.102. The van der Waals surface area contributed by atoms with Crippen LogP contribution in [0.2, 0.25) is 0 Å². The van der Waals surface area contributed by atoms with Gasteiger partial charge in [-0.05, 0) is 0 Å². The standard InChI is InChI=1S/C10H14N4OS/c1-7(2)10-14-13-9(16-10)6-15-5-8-11-3-4-12-8/h3-4,7H,5-6H2,1-2H3,(H,11,12). The molecule has 0 fully saturated rings. The number of ether oxygens (including phenoxy) is 1. The van der Waals surface area contributed by atoms with Crippen molar-refractivity contribution in [1.82, 2.24) is 20.2 Å². The van der Waals surface area contributed by atoms with Crippen LogP contribution in [0.5, 0.6) is 0 Å². The Labute approximate surface area is 97.9 Å². The van der Waals surface area contributed by atoms with Gasteiger partial charge >= 0.3 is 0 Å². The number of nitrogens with one attached hydrogen (secondary N) is 1. The Hall–Kier alpha value is -1.27. The van der Waals surface area contributed by atoms with Crippen molar-refractivity contribution in [2.24, 2.45) is 0 Å². The lowest BCUT2D eigenvalue weighted by Gasteiger charge is -1.98. The summed E-state index contributed by atoms with van der Waals surface area (Å²) in [5, 5.41) is 10.1. The van der Waals surface area contributed by atoms with E-state index in [1.54, 1.807) is 23.7 Å². The van der Waals surface area contributed by atoms with Crippen molar-refractivity contribution in [1.29, 1.82) is 0 Å². The molecular formula is C10H14N4OS. The van der Waals surface area contributed by atoms with E-state index in [9.17, 15) is 0 Å². The summed E-state index contributed by atoms with van der Waals surface area (Å²) in [4.78, 5) is 7.05. The number of hydrogen-bond acceptors (Lipinski definition) is 5. The van der Waals surface area contributed by atoms with E-state index < -0.39 is 0 Å². The monoisotopic (exact) mass is 238 g/mol. The topological polar surface area (TPSA) is 63.7 Å². The number of aromatic amines is 1. The molecule has 0 aliphatic rings. The van der Waals surface area contributed by atoms with Crippen molar-refractivity contribution < 1.29 is 4.74 Å². The highest BCUT2D eigenvalue weighted by molar-refractivity contribution is 7.11. The number of nitrogens with zero attached hydrogens (tertiary/aromatic N) is 3. The average Bonchev–Trinajstić information content (AvgIpc) is 2.87. The third-order valence-electron chi connectivity index (χ3n) is 2.00. The van der Waals surface area contributed by atoms with Gasteiger partial charge in [-0.2, -0.15) is 0 Å². The van der Waals surface area contributed by atoms with Crippen molar-refractivity contribution in [3.63, 3.8) is 0 Å². The number of imidazole rings is 1. The van der Waals surface area contributed by atoms with E-state index >= 15 is 0 Å². The Kier molecular flexibility index (Phi) is 3.63. The zero-order valence-corrected chi connectivity index (χ0v) is 10.1. The summed E-state index contributed by atoms with van der Waals surface area (Å²) in [6.45, 7) is 5.18. The minimum Gasteiger partial charge on any atom is -0.366 e. The van der Waals surface area contributed by atoms with Crippen molar-refractivity contribution in [3.8, 4) is 0 Å². The Morgan fingerprint density at radius 1 is 1.38 bits per heavy atom. The van der Waals surface area contributed by atoms with Crippen molar-refractivity contribution in [3.05, 3.63) is 28.2 Å². The minimum absolute atomic E-state index is 0.427. The fraction of sp³-hybridized carbons (Fsp3) is 0.500. The molecule has 0 atom stereocenters. The summed E-state index contributed by atoms with van der Waals surface area (Å²) in [6, 6.07) is 0. The molecule has 2 aromatic rings. The zero-order chi connectivity index (χ0) is 11.4. The van der Waals surface area contributed by atoms with Gasteiger partial charge in [0.25, 0.3) is 0 Å². The molecule has 86 valence electrons. The molecule has 2 heterocycles. The summed E-state index contributed by atoms with van der Waals surface area (Å²) in [5.74, 6) is 1.25. The predicted octanol–water partition coefficient (Wildman–Crippen LogP) is 2.10. The highest BCUT2D eigenvalue weighted by atomic mass is 32.1. The van der Waals surface area contributed by atoms with E-state index in [-0.39, 0.29) is 0 Å².